The van der Waals surface area contributed by atoms with Gasteiger partial charge >= 0.3 is 0 Å². The fraction of sp³-hybridized carbons (Fsp3) is 1.00. The van der Waals surface area contributed by atoms with Gasteiger partial charge in [0.2, 0.25) is 0 Å². The standard InChI is InChI=1S/C9H18BrF2N/c1-3-4-8(2)13(6-5-10)7-9(11)12/h8-9H,3-7H2,1-2H3. The van der Waals surface area contributed by atoms with E-state index in [1.807, 2.05) is 11.8 Å². The second-order valence-corrected chi connectivity index (χ2v) is 4.01. The van der Waals surface area contributed by atoms with E-state index in [2.05, 4.69) is 22.9 Å². The highest BCUT2D eigenvalue weighted by Crippen LogP contribution is 2.09. The number of alkyl halides is 3. The van der Waals surface area contributed by atoms with Crippen LogP contribution in [0.5, 0.6) is 0 Å². The van der Waals surface area contributed by atoms with Gasteiger partial charge in [-0.1, -0.05) is 29.3 Å². The average molecular weight is 258 g/mol. The summed E-state index contributed by atoms with van der Waals surface area (Å²) in [5, 5.41) is 0.758. The molecule has 0 spiro atoms. The Labute approximate surface area is 87.6 Å². The third kappa shape index (κ3) is 6.38. The van der Waals surface area contributed by atoms with Crippen molar-refractivity contribution >= 4 is 15.9 Å². The maximum absolute atomic E-state index is 12.2. The molecule has 0 aliphatic heterocycles. The van der Waals surface area contributed by atoms with Crippen LogP contribution in [0.1, 0.15) is 26.7 Å². The van der Waals surface area contributed by atoms with Gasteiger partial charge in [0.15, 0.2) is 0 Å². The van der Waals surface area contributed by atoms with Crippen molar-refractivity contribution in [3.8, 4) is 0 Å². The van der Waals surface area contributed by atoms with Crippen molar-refractivity contribution in [3.05, 3.63) is 0 Å². The molecule has 0 heterocycles. The molecule has 0 aliphatic carbocycles. The minimum Gasteiger partial charge on any atom is -0.294 e. The zero-order valence-corrected chi connectivity index (χ0v) is 9.86. The summed E-state index contributed by atoms with van der Waals surface area (Å²) >= 11 is 3.27. The third-order valence-corrected chi connectivity index (χ3v) is 2.43. The molecule has 0 aromatic carbocycles. The molecule has 80 valence electrons. The SMILES string of the molecule is CCCC(C)N(CCBr)CC(F)F. The summed E-state index contributed by atoms with van der Waals surface area (Å²) < 4.78 is 24.3. The first-order valence-corrected chi connectivity index (χ1v) is 5.82. The van der Waals surface area contributed by atoms with Gasteiger partial charge in [0.1, 0.15) is 0 Å². The second kappa shape index (κ2) is 7.68. The van der Waals surface area contributed by atoms with E-state index in [4.69, 9.17) is 0 Å². The molecule has 0 rings (SSSR count). The highest BCUT2D eigenvalue weighted by molar-refractivity contribution is 9.09. The molecule has 1 atom stereocenters. The molecule has 0 aromatic rings. The Kier molecular flexibility index (Phi) is 7.86. The molecule has 1 nitrogen and oxygen atoms in total. The molecule has 0 saturated carbocycles. The topological polar surface area (TPSA) is 3.24 Å². The maximum atomic E-state index is 12.2. The van der Waals surface area contributed by atoms with Gasteiger partial charge in [-0.3, -0.25) is 4.90 Å². The molecule has 13 heavy (non-hydrogen) atoms. The zero-order chi connectivity index (χ0) is 10.3. The summed E-state index contributed by atoms with van der Waals surface area (Å²) in [7, 11) is 0. The minimum atomic E-state index is -2.22. The molecule has 0 amide bonds. The van der Waals surface area contributed by atoms with Crippen LogP contribution in [0.4, 0.5) is 8.78 Å². The molecule has 0 aliphatic rings. The van der Waals surface area contributed by atoms with Crippen LogP contribution in [0.25, 0.3) is 0 Å². The van der Waals surface area contributed by atoms with Gasteiger partial charge in [0.25, 0.3) is 6.43 Å². The van der Waals surface area contributed by atoms with Crippen LogP contribution in [0, 0.1) is 0 Å². The molecule has 0 aromatic heterocycles. The van der Waals surface area contributed by atoms with Crippen LogP contribution < -0.4 is 0 Å². The Balaban J connectivity index is 3.90. The van der Waals surface area contributed by atoms with Crippen molar-refractivity contribution in [2.75, 3.05) is 18.4 Å². The summed E-state index contributed by atoms with van der Waals surface area (Å²) in [4.78, 5) is 1.84. The summed E-state index contributed by atoms with van der Waals surface area (Å²) in [5.41, 5.74) is 0. The number of hydrogen-bond donors (Lipinski definition) is 0. The predicted octanol–water partition coefficient (Wildman–Crippen LogP) is 3.14. The van der Waals surface area contributed by atoms with E-state index in [9.17, 15) is 8.78 Å². The Bertz CT molecular complexity index is 122. The van der Waals surface area contributed by atoms with Crippen LogP contribution in [0.15, 0.2) is 0 Å². The normalized spacial score (nSPS) is 14.1. The highest BCUT2D eigenvalue weighted by Gasteiger charge is 2.16. The van der Waals surface area contributed by atoms with Gasteiger partial charge in [-0.2, -0.15) is 0 Å². The van der Waals surface area contributed by atoms with Gasteiger partial charge in [-0.05, 0) is 13.3 Å². The largest absolute Gasteiger partial charge is 0.294 e. The summed E-state index contributed by atoms with van der Waals surface area (Å²) in [6.45, 7) is 4.68. The first-order chi connectivity index (χ1) is 6.11. The second-order valence-electron chi connectivity index (χ2n) is 3.21. The third-order valence-electron chi connectivity index (χ3n) is 2.07. The van der Waals surface area contributed by atoms with E-state index in [-0.39, 0.29) is 12.6 Å². The molecular weight excluding hydrogens is 240 g/mol. The molecule has 0 N–H and O–H groups in total. The van der Waals surface area contributed by atoms with Crippen molar-refractivity contribution < 1.29 is 8.78 Å². The quantitative estimate of drug-likeness (QED) is 0.634. The highest BCUT2D eigenvalue weighted by atomic mass is 79.9. The predicted molar refractivity (Wildman–Crippen MR) is 55.7 cm³/mol. The number of nitrogens with zero attached hydrogens (tertiary/aromatic N) is 1. The van der Waals surface area contributed by atoms with Crippen molar-refractivity contribution in [2.45, 2.75) is 39.2 Å². The smallest absolute Gasteiger partial charge is 0.251 e. The van der Waals surface area contributed by atoms with Crippen molar-refractivity contribution in [3.63, 3.8) is 0 Å². The zero-order valence-electron chi connectivity index (χ0n) is 8.27. The number of rotatable bonds is 7. The van der Waals surface area contributed by atoms with Crippen molar-refractivity contribution in [1.29, 1.82) is 0 Å². The molecule has 4 heteroatoms. The lowest BCUT2D eigenvalue weighted by Gasteiger charge is -2.27. The van der Waals surface area contributed by atoms with Crippen LogP contribution >= 0.6 is 15.9 Å². The van der Waals surface area contributed by atoms with E-state index in [0.29, 0.717) is 6.54 Å². The van der Waals surface area contributed by atoms with Crippen LogP contribution in [0.3, 0.4) is 0 Å². The summed E-state index contributed by atoms with van der Waals surface area (Å²) in [6.07, 6.45) is -0.193. The maximum Gasteiger partial charge on any atom is 0.251 e. The fourth-order valence-corrected chi connectivity index (χ4v) is 1.83. The van der Waals surface area contributed by atoms with Gasteiger partial charge in [0, 0.05) is 17.9 Å². The van der Waals surface area contributed by atoms with E-state index < -0.39 is 6.43 Å². The molecular formula is C9H18BrF2N. The lowest BCUT2D eigenvalue weighted by Crippen LogP contribution is -2.38. The van der Waals surface area contributed by atoms with Crippen LogP contribution in [-0.2, 0) is 0 Å². The van der Waals surface area contributed by atoms with Gasteiger partial charge in [-0.25, -0.2) is 8.78 Å². The van der Waals surface area contributed by atoms with E-state index in [0.717, 1.165) is 18.2 Å². The van der Waals surface area contributed by atoms with E-state index in [1.54, 1.807) is 0 Å². The monoisotopic (exact) mass is 257 g/mol. The van der Waals surface area contributed by atoms with Crippen LogP contribution in [0.2, 0.25) is 0 Å². The van der Waals surface area contributed by atoms with Crippen LogP contribution in [-0.4, -0.2) is 35.8 Å². The molecule has 0 radical (unpaired) electrons. The Morgan fingerprint density at radius 2 is 2.00 bits per heavy atom. The lowest BCUT2D eigenvalue weighted by atomic mass is 10.1. The minimum absolute atomic E-state index is 0.104. The van der Waals surface area contributed by atoms with Crippen molar-refractivity contribution in [1.82, 2.24) is 4.90 Å². The fourth-order valence-electron chi connectivity index (χ4n) is 1.38. The summed E-state index contributed by atoms with van der Waals surface area (Å²) in [6, 6.07) is 0.261. The molecule has 0 saturated heterocycles. The molecule has 0 fully saturated rings. The van der Waals surface area contributed by atoms with Gasteiger partial charge in [-0.15, -0.1) is 0 Å². The molecule has 1 unspecified atom stereocenters. The number of hydrogen-bond acceptors (Lipinski definition) is 1. The van der Waals surface area contributed by atoms with E-state index in [1.165, 1.54) is 0 Å². The average Bonchev–Trinajstić information content (AvgIpc) is 2.03. The Hall–Kier alpha value is 0.300. The Morgan fingerprint density at radius 3 is 2.38 bits per heavy atom. The van der Waals surface area contributed by atoms with E-state index >= 15 is 0 Å². The molecule has 0 bridgehead atoms. The first kappa shape index (κ1) is 13.3. The lowest BCUT2D eigenvalue weighted by molar-refractivity contribution is 0.0710. The van der Waals surface area contributed by atoms with Crippen molar-refractivity contribution in [2.24, 2.45) is 0 Å². The van der Waals surface area contributed by atoms with Gasteiger partial charge < -0.3 is 0 Å². The number of halogens is 3. The van der Waals surface area contributed by atoms with Gasteiger partial charge in [0.05, 0.1) is 6.54 Å². The Morgan fingerprint density at radius 1 is 1.38 bits per heavy atom. The first-order valence-electron chi connectivity index (χ1n) is 4.70. The summed E-state index contributed by atoms with van der Waals surface area (Å²) in [5.74, 6) is 0.